The minimum Gasteiger partial charge on any atom is -0.469 e. The molecule has 2 aliphatic rings. The van der Waals surface area contributed by atoms with Crippen LogP contribution in [0.4, 0.5) is 0 Å². The van der Waals surface area contributed by atoms with E-state index in [1.165, 1.54) is 7.11 Å². The fraction of sp³-hybridized carbons (Fsp3) is 0.692. The zero-order valence-electron chi connectivity index (χ0n) is 10.4. The van der Waals surface area contributed by atoms with Crippen molar-refractivity contribution in [3.63, 3.8) is 0 Å². The summed E-state index contributed by atoms with van der Waals surface area (Å²) in [7, 11) is 1.37. The zero-order valence-corrected chi connectivity index (χ0v) is 10.4. The number of ether oxygens (including phenoxy) is 2. The van der Waals surface area contributed by atoms with E-state index in [1.807, 2.05) is 26.0 Å². The molecular weight excluding hydrogens is 220 g/mol. The fourth-order valence-corrected chi connectivity index (χ4v) is 2.85. The summed E-state index contributed by atoms with van der Waals surface area (Å²) >= 11 is 0. The van der Waals surface area contributed by atoms with Crippen LogP contribution in [-0.4, -0.2) is 25.7 Å². The van der Waals surface area contributed by atoms with Crippen molar-refractivity contribution in [1.82, 2.24) is 0 Å². The first-order chi connectivity index (χ1) is 8.06. The van der Waals surface area contributed by atoms with Gasteiger partial charge < -0.3 is 9.47 Å². The molecule has 1 saturated heterocycles. The van der Waals surface area contributed by atoms with Crippen LogP contribution < -0.4 is 0 Å². The first-order valence-corrected chi connectivity index (χ1v) is 5.99. The van der Waals surface area contributed by atoms with E-state index in [2.05, 4.69) is 0 Å². The number of allylic oxidation sites excluding steroid dienone is 1. The molecule has 1 aliphatic heterocycles. The molecule has 2 rings (SSSR count). The van der Waals surface area contributed by atoms with Gasteiger partial charge in [-0.3, -0.25) is 9.59 Å². The largest absolute Gasteiger partial charge is 0.469 e. The number of rotatable bonds is 2. The Labute approximate surface area is 101 Å². The van der Waals surface area contributed by atoms with Crippen molar-refractivity contribution < 1.29 is 19.1 Å². The number of fused-ring (bicyclic) bond motifs is 1. The highest BCUT2D eigenvalue weighted by atomic mass is 16.5. The maximum Gasteiger partial charge on any atom is 0.310 e. The van der Waals surface area contributed by atoms with E-state index in [0.717, 1.165) is 0 Å². The van der Waals surface area contributed by atoms with Crippen LogP contribution in [0.5, 0.6) is 0 Å². The van der Waals surface area contributed by atoms with Gasteiger partial charge in [-0.05, 0) is 11.8 Å². The number of carbonyl (C=O) groups excluding carboxylic acids is 2. The third-order valence-corrected chi connectivity index (χ3v) is 3.78. The molecule has 4 heteroatoms. The topological polar surface area (TPSA) is 52.6 Å². The van der Waals surface area contributed by atoms with Gasteiger partial charge in [-0.25, -0.2) is 0 Å². The lowest BCUT2D eigenvalue weighted by Gasteiger charge is -2.33. The molecule has 1 aliphatic carbocycles. The van der Waals surface area contributed by atoms with Crippen molar-refractivity contribution in [3.8, 4) is 0 Å². The molecule has 0 bridgehead atoms. The summed E-state index contributed by atoms with van der Waals surface area (Å²) in [5, 5.41) is 0. The summed E-state index contributed by atoms with van der Waals surface area (Å²) in [6.45, 7) is 4.48. The average Bonchev–Trinajstić information content (AvgIpc) is 2.69. The van der Waals surface area contributed by atoms with Crippen molar-refractivity contribution in [2.45, 2.75) is 13.8 Å². The molecule has 0 saturated carbocycles. The third-order valence-electron chi connectivity index (χ3n) is 3.78. The Kier molecular flexibility index (Phi) is 3.22. The lowest BCUT2D eigenvalue weighted by Crippen LogP contribution is -2.40. The van der Waals surface area contributed by atoms with Crippen molar-refractivity contribution in [2.75, 3.05) is 13.7 Å². The second-order valence-electron chi connectivity index (χ2n) is 5.07. The molecule has 94 valence electrons. The minimum atomic E-state index is -0.398. The quantitative estimate of drug-likeness (QED) is 0.539. The van der Waals surface area contributed by atoms with E-state index in [9.17, 15) is 9.59 Å². The number of methoxy groups -OCH3 is 1. The van der Waals surface area contributed by atoms with Crippen molar-refractivity contribution >= 4 is 11.9 Å². The van der Waals surface area contributed by atoms with Crippen LogP contribution in [-0.2, 0) is 19.1 Å². The normalized spacial score (nSPS) is 35.6. The summed E-state index contributed by atoms with van der Waals surface area (Å²) in [5.74, 6) is -0.951. The molecule has 0 aromatic rings. The number of carbonyl (C=O) groups is 2. The molecule has 0 aromatic heterocycles. The van der Waals surface area contributed by atoms with Gasteiger partial charge in [0.15, 0.2) is 0 Å². The van der Waals surface area contributed by atoms with Gasteiger partial charge in [-0.1, -0.05) is 26.0 Å². The Morgan fingerprint density at radius 2 is 2.18 bits per heavy atom. The molecule has 1 fully saturated rings. The maximum absolute atomic E-state index is 11.9. The van der Waals surface area contributed by atoms with Gasteiger partial charge in [0.2, 0.25) is 0 Å². The molecule has 4 atom stereocenters. The van der Waals surface area contributed by atoms with Gasteiger partial charge >= 0.3 is 11.9 Å². The Bertz CT molecular complexity index is 358. The molecule has 0 radical (unpaired) electrons. The highest BCUT2D eigenvalue weighted by Crippen LogP contribution is 2.42. The average molecular weight is 238 g/mol. The molecule has 4 nitrogen and oxygen atoms in total. The summed E-state index contributed by atoms with van der Waals surface area (Å²) in [6.07, 6.45) is 4.05. The minimum absolute atomic E-state index is 0.0293. The van der Waals surface area contributed by atoms with Gasteiger partial charge in [0.1, 0.15) is 0 Å². The van der Waals surface area contributed by atoms with Crippen LogP contribution in [0, 0.1) is 29.6 Å². The van der Waals surface area contributed by atoms with Crippen LogP contribution in [0.15, 0.2) is 12.2 Å². The van der Waals surface area contributed by atoms with Crippen LogP contribution in [0.1, 0.15) is 13.8 Å². The maximum atomic E-state index is 11.9. The Balaban J connectivity index is 2.34. The van der Waals surface area contributed by atoms with E-state index in [1.54, 1.807) is 0 Å². The van der Waals surface area contributed by atoms with Gasteiger partial charge in [0, 0.05) is 5.92 Å². The number of hydrogen-bond donors (Lipinski definition) is 0. The number of hydrogen-bond acceptors (Lipinski definition) is 4. The van der Waals surface area contributed by atoms with Gasteiger partial charge in [0.25, 0.3) is 0 Å². The predicted octanol–water partition coefficient (Wildman–Crippen LogP) is 1.41. The Morgan fingerprint density at radius 3 is 2.76 bits per heavy atom. The number of cyclic esters (lactones) is 1. The first kappa shape index (κ1) is 12.1. The van der Waals surface area contributed by atoms with Crippen LogP contribution in [0.25, 0.3) is 0 Å². The SMILES string of the molecule is COC(=O)[C@H]1[C@H]2C(=O)OC[C@H]2C=C[C@H]1C(C)C. The highest BCUT2D eigenvalue weighted by molar-refractivity contribution is 5.84. The van der Waals surface area contributed by atoms with E-state index in [4.69, 9.17) is 9.47 Å². The molecule has 0 amide bonds. The monoisotopic (exact) mass is 238 g/mol. The van der Waals surface area contributed by atoms with Gasteiger partial charge in [-0.2, -0.15) is 0 Å². The molecule has 0 unspecified atom stereocenters. The van der Waals surface area contributed by atoms with Gasteiger partial charge in [-0.15, -0.1) is 0 Å². The lowest BCUT2D eigenvalue weighted by atomic mass is 9.68. The van der Waals surface area contributed by atoms with Crippen molar-refractivity contribution in [3.05, 3.63) is 12.2 Å². The van der Waals surface area contributed by atoms with E-state index in [0.29, 0.717) is 12.5 Å². The van der Waals surface area contributed by atoms with Crippen LogP contribution in [0.3, 0.4) is 0 Å². The molecule has 0 aromatic carbocycles. The Morgan fingerprint density at radius 1 is 1.47 bits per heavy atom. The summed E-state index contributed by atoms with van der Waals surface area (Å²) < 4.78 is 9.90. The van der Waals surface area contributed by atoms with E-state index in [-0.39, 0.29) is 29.7 Å². The summed E-state index contributed by atoms with van der Waals surface area (Å²) in [6, 6.07) is 0. The highest BCUT2D eigenvalue weighted by Gasteiger charge is 2.50. The summed E-state index contributed by atoms with van der Waals surface area (Å²) in [4.78, 5) is 23.6. The lowest BCUT2D eigenvalue weighted by molar-refractivity contribution is -0.156. The molecule has 1 heterocycles. The van der Waals surface area contributed by atoms with E-state index < -0.39 is 5.92 Å². The second kappa shape index (κ2) is 4.51. The standard InChI is InChI=1S/C13H18O4/c1-7(2)9-5-4-8-6-17-13(15)10(8)11(9)12(14)16-3/h4-5,7-11H,6H2,1-3H3/t8-,9+,10+,11-/m1/s1. The Hall–Kier alpha value is -1.32. The third kappa shape index (κ3) is 1.96. The molecular formula is C13H18O4. The first-order valence-electron chi connectivity index (χ1n) is 5.99. The van der Waals surface area contributed by atoms with Crippen molar-refractivity contribution in [1.29, 1.82) is 0 Å². The fourth-order valence-electron chi connectivity index (χ4n) is 2.85. The van der Waals surface area contributed by atoms with Crippen LogP contribution >= 0.6 is 0 Å². The molecule has 17 heavy (non-hydrogen) atoms. The predicted molar refractivity (Wildman–Crippen MR) is 60.9 cm³/mol. The van der Waals surface area contributed by atoms with E-state index >= 15 is 0 Å². The smallest absolute Gasteiger partial charge is 0.310 e. The molecule has 0 N–H and O–H groups in total. The van der Waals surface area contributed by atoms with Crippen LogP contribution in [0.2, 0.25) is 0 Å². The van der Waals surface area contributed by atoms with Crippen molar-refractivity contribution in [2.24, 2.45) is 29.6 Å². The second-order valence-corrected chi connectivity index (χ2v) is 5.07. The zero-order chi connectivity index (χ0) is 12.6. The summed E-state index contributed by atoms with van der Waals surface area (Å²) in [5.41, 5.74) is 0. The number of esters is 2. The molecule has 0 spiro atoms. The van der Waals surface area contributed by atoms with Gasteiger partial charge in [0.05, 0.1) is 25.6 Å².